The van der Waals surface area contributed by atoms with Crippen molar-refractivity contribution >= 4 is 5.91 Å². The molecular formula is C19H24FN3O. The molecule has 1 aromatic heterocycles. The molecule has 4 nitrogen and oxygen atoms in total. The first-order valence-electron chi connectivity index (χ1n) is 8.75. The maximum Gasteiger partial charge on any atom is 0.272 e. The zero-order valence-electron chi connectivity index (χ0n) is 14.0. The van der Waals surface area contributed by atoms with Crippen LogP contribution in [0.25, 0.3) is 0 Å². The first kappa shape index (κ1) is 16.7. The van der Waals surface area contributed by atoms with E-state index in [2.05, 4.69) is 22.4 Å². The first-order valence-corrected chi connectivity index (χ1v) is 8.75. The fourth-order valence-electron chi connectivity index (χ4n) is 3.51. The minimum absolute atomic E-state index is 0.107. The fourth-order valence-corrected chi connectivity index (χ4v) is 3.51. The van der Waals surface area contributed by atoms with Crippen LogP contribution in [-0.2, 0) is 12.8 Å². The van der Waals surface area contributed by atoms with Crippen molar-refractivity contribution < 1.29 is 9.18 Å². The van der Waals surface area contributed by atoms with Crippen molar-refractivity contribution in [2.24, 2.45) is 5.92 Å². The monoisotopic (exact) mass is 329 g/mol. The Morgan fingerprint density at radius 2 is 2.12 bits per heavy atom. The van der Waals surface area contributed by atoms with Gasteiger partial charge in [0.1, 0.15) is 11.5 Å². The van der Waals surface area contributed by atoms with E-state index in [1.165, 1.54) is 12.1 Å². The Morgan fingerprint density at radius 1 is 1.33 bits per heavy atom. The summed E-state index contributed by atoms with van der Waals surface area (Å²) in [5, 5.41) is 10.2. The number of benzene rings is 1. The third-order valence-electron chi connectivity index (χ3n) is 4.77. The lowest BCUT2D eigenvalue weighted by atomic mass is 9.94. The van der Waals surface area contributed by atoms with Crippen LogP contribution in [0.2, 0.25) is 0 Å². The van der Waals surface area contributed by atoms with Gasteiger partial charge in [-0.2, -0.15) is 5.10 Å². The van der Waals surface area contributed by atoms with E-state index in [1.807, 2.05) is 18.2 Å². The van der Waals surface area contributed by atoms with E-state index in [4.69, 9.17) is 0 Å². The Bertz CT molecular complexity index is 680. The summed E-state index contributed by atoms with van der Waals surface area (Å²) in [5.41, 5.74) is 2.58. The summed E-state index contributed by atoms with van der Waals surface area (Å²) in [5.74, 6) is 0.0783. The number of hydrogen-bond donors (Lipinski definition) is 2. The van der Waals surface area contributed by atoms with Gasteiger partial charge in [0.2, 0.25) is 0 Å². The van der Waals surface area contributed by atoms with Gasteiger partial charge in [-0.25, -0.2) is 4.39 Å². The van der Waals surface area contributed by atoms with E-state index in [0.29, 0.717) is 11.6 Å². The molecule has 0 radical (unpaired) electrons. The smallest absolute Gasteiger partial charge is 0.272 e. The van der Waals surface area contributed by atoms with Crippen molar-refractivity contribution in [3.05, 3.63) is 53.1 Å². The highest BCUT2D eigenvalue weighted by molar-refractivity contribution is 5.92. The van der Waals surface area contributed by atoms with Crippen LogP contribution < -0.4 is 5.32 Å². The summed E-state index contributed by atoms with van der Waals surface area (Å²) in [4.78, 5) is 12.4. The number of carbonyl (C=O) groups excluding carboxylic acids is 1. The molecule has 0 saturated heterocycles. The molecule has 1 aliphatic rings. The van der Waals surface area contributed by atoms with Gasteiger partial charge in [0, 0.05) is 11.7 Å². The van der Waals surface area contributed by atoms with Crippen LogP contribution in [0.1, 0.15) is 54.4 Å². The highest BCUT2D eigenvalue weighted by atomic mass is 19.1. The van der Waals surface area contributed by atoms with Crippen LogP contribution in [0.5, 0.6) is 0 Å². The first-order chi connectivity index (χ1) is 11.7. The van der Waals surface area contributed by atoms with Crippen LogP contribution in [0.15, 0.2) is 30.3 Å². The van der Waals surface area contributed by atoms with Crippen molar-refractivity contribution in [3.63, 3.8) is 0 Å². The molecule has 2 aromatic rings. The lowest BCUT2D eigenvalue weighted by molar-refractivity contribution is 0.0922. The molecule has 0 unspecified atom stereocenters. The zero-order valence-corrected chi connectivity index (χ0v) is 14.0. The lowest BCUT2D eigenvalue weighted by Crippen LogP contribution is -2.38. The number of amides is 1. The summed E-state index contributed by atoms with van der Waals surface area (Å²) in [7, 11) is 0. The number of halogens is 1. The molecular weight excluding hydrogens is 305 g/mol. The number of nitrogens with zero attached hydrogens (tertiary/aromatic N) is 1. The third kappa shape index (κ3) is 4.02. The van der Waals surface area contributed by atoms with E-state index in [1.54, 1.807) is 0 Å². The number of carbonyl (C=O) groups is 1. The van der Waals surface area contributed by atoms with E-state index in [9.17, 15) is 9.18 Å². The topological polar surface area (TPSA) is 57.8 Å². The zero-order chi connectivity index (χ0) is 16.9. The number of rotatable bonds is 6. The summed E-state index contributed by atoms with van der Waals surface area (Å²) >= 11 is 0. The maximum atomic E-state index is 13.0. The van der Waals surface area contributed by atoms with Crippen LogP contribution in [0, 0.1) is 11.7 Å². The van der Waals surface area contributed by atoms with Crippen LogP contribution in [0.3, 0.4) is 0 Å². The van der Waals surface area contributed by atoms with Crippen molar-refractivity contribution in [3.8, 4) is 0 Å². The van der Waals surface area contributed by atoms with E-state index in [0.717, 1.165) is 49.8 Å². The van der Waals surface area contributed by atoms with Gasteiger partial charge < -0.3 is 5.32 Å². The maximum absolute atomic E-state index is 13.0. The average molecular weight is 329 g/mol. The van der Waals surface area contributed by atoms with E-state index in [-0.39, 0.29) is 17.8 Å². The quantitative estimate of drug-likeness (QED) is 0.850. The Morgan fingerprint density at radius 3 is 2.88 bits per heavy atom. The normalized spacial score (nSPS) is 20.2. The second kappa shape index (κ2) is 7.60. The average Bonchev–Trinajstić information content (AvgIpc) is 3.20. The highest BCUT2D eigenvalue weighted by Crippen LogP contribution is 2.29. The molecule has 0 spiro atoms. The molecule has 24 heavy (non-hydrogen) atoms. The molecule has 3 rings (SSSR count). The van der Waals surface area contributed by atoms with Gasteiger partial charge in [-0.1, -0.05) is 31.9 Å². The van der Waals surface area contributed by atoms with Crippen LogP contribution in [-0.4, -0.2) is 22.1 Å². The second-order valence-corrected chi connectivity index (χ2v) is 6.63. The SMILES string of the molecule is CCCc1cc(C(=O)N[C@H]2CCC[C@H]2Cc2ccc(F)cc2)n[nH]1. The van der Waals surface area contributed by atoms with Crippen LogP contribution in [0.4, 0.5) is 4.39 Å². The largest absolute Gasteiger partial charge is 0.348 e. The molecule has 1 aliphatic carbocycles. The minimum Gasteiger partial charge on any atom is -0.348 e. The molecule has 1 amide bonds. The number of H-pyrrole nitrogens is 1. The number of aromatic amines is 1. The van der Waals surface area contributed by atoms with Gasteiger partial charge in [-0.15, -0.1) is 0 Å². The second-order valence-electron chi connectivity index (χ2n) is 6.63. The minimum atomic E-state index is -0.212. The van der Waals surface area contributed by atoms with Crippen molar-refractivity contribution in [1.29, 1.82) is 0 Å². The Kier molecular flexibility index (Phi) is 5.28. The summed E-state index contributed by atoms with van der Waals surface area (Å²) < 4.78 is 13.0. The number of aromatic nitrogens is 2. The summed E-state index contributed by atoms with van der Waals surface area (Å²) in [6.07, 6.45) is 5.97. The fraction of sp³-hybridized carbons (Fsp3) is 0.474. The molecule has 2 atom stereocenters. The van der Waals surface area contributed by atoms with Gasteiger partial charge in [0.25, 0.3) is 5.91 Å². The molecule has 2 N–H and O–H groups in total. The van der Waals surface area contributed by atoms with Gasteiger partial charge in [0.15, 0.2) is 0 Å². The lowest BCUT2D eigenvalue weighted by Gasteiger charge is -2.20. The molecule has 1 fully saturated rings. The number of hydrogen-bond acceptors (Lipinski definition) is 2. The Hall–Kier alpha value is -2.17. The van der Waals surface area contributed by atoms with Gasteiger partial charge in [0.05, 0.1) is 0 Å². The van der Waals surface area contributed by atoms with Crippen LogP contribution >= 0.6 is 0 Å². The Labute approximate surface area is 141 Å². The van der Waals surface area contributed by atoms with Gasteiger partial charge >= 0.3 is 0 Å². The molecule has 1 saturated carbocycles. The number of nitrogens with one attached hydrogen (secondary N) is 2. The predicted octanol–water partition coefficient (Wildman–Crippen LogP) is 3.64. The van der Waals surface area contributed by atoms with Crippen molar-refractivity contribution in [1.82, 2.24) is 15.5 Å². The van der Waals surface area contributed by atoms with Crippen molar-refractivity contribution in [2.45, 2.75) is 51.5 Å². The van der Waals surface area contributed by atoms with E-state index < -0.39 is 0 Å². The summed E-state index contributed by atoms with van der Waals surface area (Å²) in [6.45, 7) is 2.10. The number of aryl methyl sites for hydroxylation is 1. The summed E-state index contributed by atoms with van der Waals surface area (Å²) in [6, 6.07) is 8.65. The molecule has 0 bridgehead atoms. The van der Waals surface area contributed by atoms with Crippen molar-refractivity contribution in [2.75, 3.05) is 0 Å². The molecule has 5 heteroatoms. The molecule has 0 aliphatic heterocycles. The van der Waals surface area contributed by atoms with Gasteiger partial charge in [-0.3, -0.25) is 9.89 Å². The standard InChI is InChI=1S/C19H24FN3O/c1-2-4-16-12-18(23-22-16)19(24)21-17-6-3-5-14(17)11-13-7-9-15(20)10-8-13/h7-10,12,14,17H,2-6,11H2,1H3,(H,21,24)(H,22,23)/t14-,17-/m0/s1. The Balaban J connectivity index is 1.60. The third-order valence-corrected chi connectivity index (χ3v) is 4.77. The predicted molar refractivity (Wildman–Crippen MR) is 91.3 cm³/mol. The van der Waals surface area contributed by atoms with E-state index >= 15 is 0 Å². The molecule has 1 aromatic carbocycles. The molecule has 1 heterocycles. The van der Waals surface area contributed by atoms with Gasteiger partial charge in [-0.05, 0) is 55.4 Å². The molecule has 128 valence electrons. The highest BCUT2D eigenvalue weighted by Gasteiger charge is 2.29.